The van der Waals surface area contributed by atoms with Gasteiger partial charge in [-0.1, -0.05) is 24.3 Å². The topological polar surface area (TPSA) is 101 Å². The molecule has 1 aliphatic heterocycles. The van der Waals surface area contributed by atoms with Crippen molar-refractivity contribution < 1.29 is 23.9 Å². The number of cyclic esters (lactones) is 1. The van der Waals surface area contributed by atoms with Crippen molar-refractivity contribution in [2.75, 3.05) is 25.1 Å². The molecule has 0 unspecified atom stereocenters. The van der Waals surface area contributed by atoms with Crippen LogP contribution < -0.4 is 15.0 Å². The number of ketones is 1. The number of methoxy groups -OCH3 is 1. The molecule has 0 spiro atoms. The predicted molar refractivity (Wildman–Crippen MR) is 106 cm³/mol. The van der Waals surface area contributed by atoms with Crippen molar-refractivity contribution in [3.63, 3.8) is 0 Å². The number of Topliss-reactive ketones (excluding diaryl/α,β-unsaturated/α-hetero) is 1. The number of H-pyrrole nitrogens is 1. The first-order valence-electron chi connectivity index (χ1n) is 9.07. The van der Waals surface area contributed by atoms with Crippen LogP contribution in [0.2, 0.25) is 0 Å². The van der Waals surface area contributed by atoms with Gasteiger partial charge in [0.05, 0.1) is 31.5 Å². The molecule has 29 heavy (non-hydrogen) atoms. The van der Waals surface area contributed by atoms with Crippen molar-refractivity contribution >= 4 is 34.4 Å². The average molecular weight is 393 g/mol. The fourth-order valence-electron chi connectivity index (χ4n) is 3.29. The molecule has 0 bridgehead atoms. The molecule has 2 aromatic carbocycles. The summed E-state index contributed by atoms with van der Waals surface area (Å²) in [7, 11) is 1.55. The lowest BCUT2D eigenvalue weighted by atomic mass is 10.1. The molecule has 0 radical (unpaired) electrons. The van der Waals surface area contributed by atoms with Crippen LogP contribution in [0.3, 0.4) is 0 Å². The lowest BCUT2D eigenvalue weighted by molar-refractivity contribution is -0.117. The first-order valence-corrected chi connectivity index (χ1v) is 9.07. The Kier molecular flexibility index (Phi) is 4.90. The number of fused-ring (bicyclic) bond motifs is 1. The Balaban J connectivity index is 1.38. The smallest absolute Gasteiger partial charge is 0.414 e. The largest absolute Gasteiger partial charge is 0.497 e. The van der Waals surface area contributed by atoms with Gasteiger partial charge >= 0.3 is 6.09 Å². The number of nitrogens with zero attached hydrogens (tertiary/aromatic N) is 1. The molecule has 8 nitrogen and oxygen atoms in total. The number of para-hydroxylation sites is 1. The minimum absolute atomic E-state index is 0.0408. The molecule has 0 aliphatic carbocycles. The van der Waals surface area contributed by atoms with Crippen molar-refractivity contribution in [3.8, 4) is 5.75 Å². The fourth-order valence-corrected chi connectivity index (χ4v) is 3.29. The summed E-state index contributed by atoms with van der Waals surface area (Å²) in [5.74, 6) is -0.765. The molecule has 0 saturated carbocycles. The monoisotopic (exact) mass is 393 g/mol. The summed E-state index contributed by atoms with van der Waals surface area (Å²) in [5.41, 5.74) is 1.72. The van der Waals surface area contributed by atoms with E-state index in [1.165, 1.54) is 11.1 Å². The van der Waals surface area contributed by atoms with Crippen LogP contribution in [-0.4, -0.2) is 49.1 Å². The van der Waals surface area contributed by atoms with Gasteiger partial charge in [0.1, 0.15) is 11.9 Å². The molecular formula is C21H19N3O5. The molecule has 1 aliphatic rings. The highest BCUT2D eigenvalue weighted by molar-refractivity contribution is 6.44. The van der Waals surface area contributed by atoms with E-state index in [9.17, 15) is 14.4 Å². The highest BCUT2D eigenvalue weighted by Gasteiger charge is 2.33. The van der Waals surface area contributed by atoms with E-state index in [1.807, 2.05) is 12.1 Å². The van der Waals surface area contributed by atoms with Crippen LogP contribution in [0.15, 0.2) is 54.7 Å². The van der Waals surface area contributed by atoms with Crippen LogP contribution in [0.4, 0.5) is 10.5 Å². The van der Waals surface area contributed by atoms with E-state index in [0.717, 1.165) is 5.52 Å². The van der Waals surface area contributed by atoms with Gasteiger partial charge in [0.15, 0.2) is 0 Å². The second-order valence-electron chi connectivity index (χ2n) is 6.60. The summed E-state index contributed by atoms with van der Waals surface area (Å²) in [4.78, 5) is 41.4. The van der Waals surface area contributed by atoms with Crippen LogP contribution >= 0.6 is 0 Å². The van der Waals surface area contributed by atoms with Crippen LogP contribution in [0, 0.1) is 0 Å². The molecule has 2 N–H and O–H groups in total. The molecule has 1 saturated heterocycles. The standard InChI is InChI=1S/C21H19N3O5/c1-28-14-6-4-5-13(9-14)24-12-15(29-21(24)27)10-23-20(26)19(25)17-11-22-18-8-3-2-7-16(17)18/h2-9,11,15,22H,10,12H2,1H3,(H,23,26)/t15-/m0/s1. The first kappa shape index (κ1) is 18.5. The quantitative estimate of drug-likeness (QED) is 0.495. The third-order valence-electron chi connectivity index (χ3n) is 4.77. The third kappa shape index (κ3) is 3.64. The molecule has 8 heteroatoms. The molecule has 1 atom stereocenters. The van der Waals surface area contributed by atoms with Crippen LogP contribution in [0.25, 0.3) is 10.9 Å². The van der Waals surface area contributed by atoms with E-state index >= 15 is 0 Å². The van der Waals surface area contributed by atoms with Gasteiger partial charge in [0.25, 0.3) is 11.7 Å². The zero-order valence-electron chi connectivity index (χ0n) is 15.7. The number of hydrogen-bond donors (Lipinski definition) is 2. The van der Waals surface area contributed by atoms with Gasteiger partial charge in [-0.25, -0.2) is 4.79 Å². The number of nitrogens with one attached hydrogen (secondary N) is 2. The van der Waals surface area contributed by atoms with Crippen molar-refractivity contribution in [1.29, 1.82) is 0 Å². The Morgan fingerprint density at radius 2 is 2.07 bits per heavy atom. The number of anilines is 1. The van der Waals surface area contributed by atoms with E-state index < -0.39 is 23.9 Å². The molecular weight excluding hydrogens is 374 g/mol. The minimum atomic E-state index is -0.745. The Morgan fingerprint density at radius 3 is 2.90 bits per heavy atom. The SMILES string of the molecule is COc1cccc(N2C[C@H](CNC(=O)C(=O)c3c[nH]c4ccccc34)OC2=O)c1. The number of aromatic amines is 1. The van der Waals surface area contributed by atoms with Gasteiger partial charge in [-0.3, -0.25) is 14.5 Å². The number of ether oxygens (including phenoxy) is 2. The number of carbonyl (C=O) groups excluding carboxylic acids is 3. The Labute approximate surface area is 166 Å². The van der Waals surface area contributed by atoms with E-state index in [-0.39, 0.29) is 13.1 Å². The van der Waals surface area contributed by atoms with E-state index in [2.05, 4.69) is 10.3 Å². The number of amides is 2. The van der Waals surface area contributed by atoms with Crippen LogP contribution in [0.5, 0.6) is 5.75 Å². The summed E-state index contributed by atoms with van der Waals surface area (Å²) in [6.45, 7) is 0.298. The summed E-state index contributed by atoms with van der Waals surface area (Å²) in [6, 6.07) is 14.3. The summed E-state index contributed by atoms with van der Waals surface area (Å²) >= 11 is 0. The van der Waals surface area contributed by atoms with Gasteiger partial charge in [-0.15, -0.1) is 0 Å². The maximum Gasteiger partial charge on any atom is 0.414 e. The molecule has 3 aromatic rings. The molecule has 1 fully saturated rings. The Hall–Kier alpha value is -3.81. The number of benzene rings is 2. The Bertz CT molecular complexity index is 1090. The lowest BCUT2D eigenvalue weighted by Gasteiger charge is -2.14. The zero-order chi connectivity index (χ0) is 20.4. The number of rotatable bonds is 6. The van der Waals surface area contributed by atoms with Crippen LogP contribution in [-0.2, 0) is 9.53 Å². The highest BCUT2D eigenvalue weighted by atomic mass is 16.6. The van der Waals surface area contributed by atoms with Crippen molar-refractivity contribution in [3.05, 3.63) is 60.3 Å². The maximum absolute atomic E-state index is 12.5. The van der Waals surface area contributed by atoms with E-state index in [4.69, 9.17) is 9.47 Å². The molecule has 4 rings (SSSR count). The van der Waals surface area contributed by atoms with Gasteiger partial charge < -0.3 is 19.8 Å². The molecule has 2 amide bonds. The second kappa shape index (κ2) is 7.67. The van der Waals surface area contributed by atoms with E-state index in [0.29, 0.717) is 22.4 Å². The summed E-state index contributed by atoms with van der Waals surface area (Å²) in [5, 5.41) is 3.25. The molecule has 1 aromatic heterocycles. The molecule has 2 heterocycles. The summed E-state index contributed by atoms with van der Waals surface area (Å²) in [6.07, 6.45) is 0.445. The summed E-state index contributed by atoms with van der Waals surface area (Å²) < 4.78 is 10.5. The normalized spacial score (nSPS) is 16.0. The predicted octanol–water partition coefficient (Wildman–Crippen LogP) is 2.50. The first-order chi connectivity index (χ1) is 14.1. The second-order valence-corrected chi connectivity index (χ2v) is 6.60. The molecule has 148 valence electrons. The van der Waals surface area contributed by atoms with Gasteiger partial charge in [-0.2, -0.15) is 0 Å². The number of carbonyl (C=O) groups is 3. The third-order valence-corrected chi connectivity index (χ3v) is 4.77. The van der Waals surface area contributed by atoms with Gasteiger partial charge in [0.2, 0.25) is 0 Å². The van der Waals surface area contributed by atoms with E-state index in [1.54, 1.807) is 43.5 Å². The van der Waals surface area contributed by atoms with Crippen molar-refractivity contribution in [2.45, 2.75) is 6.10 Å². The number of aromatic nitrogens is 1. The fraction of sp³-hybridized carbons (Fsp3) is 0.190. The Morgan fingerprint density at radius 1 is 1.24 bits per heavy atom. The van der Waals surface area contributed by atoms with Crippen molar-refractivity contribution in [1.82, 2.24) is 10.3 Å². The van der Waals surface area contributed by atoms with Gasteiger partial charge in [0, 0.05) is 23.2 Å². The average Bonchev–Trinajstić information content (AvgIpc) is 3.35. The number of hydrogen-bond acceptors (Lipinski definition) is 5. The minimum Gasteiger partial charge on any atom is -0.497 e. The van der Waals surface area contributed by atoms with Crippen molar-refractivity contribution in [2.24, 2.45) is 0 Å². The van der Waals surface area contributed by atoms with Crippen LogP contribution in [0.1, 0.15) is 10.4 Å². The maximum atomic E-state index is 12.5. The zero-order valence-corrected chi connectivity index (χ0v) is 15.7. The van der Waals surface area contributed by atoms with Gasteiger partial charge in [-0.05, 0) is 18.2 Å². The lowest BCUT2D eigenvalue weighted by Crippen LogP contribution is -2.38. The highest BCUT2D eigenvalue weighted by Crippen LogP contribution is 2.25.